The molecule has 48 heavy (non-hydrogen) atoms. The summed E-state index contributed by atoms with van der Waals surface area (Å²) in [7, 11) is 3.22. The van der Waals surface area contributed by atoms with Crippen LogP contribution in [0.5, 0.6) is 11.5 Å². The van der Waals surface area contributed by atoms with Crippen LogP contribution in [-0.4, -0.2) is 31.8 Å². The van der Waals surface area contributed by atoms with Gasteiger partial charge in [0.25, 0.3) is 0 Å². The van der Waals surface area contributed by atoms with Gasteiger partial charge in [0.15, 0.2) is 5.78 Å². The average molecular weight is 697 g/mol. The molecule has 0 N–H and O–H groups in total. The summed E-state index contributed by atoms with van der Waals surface area (Å²) >= 11 is 3.48. The van der Waals surface area contributed by atoms with E-state index in [0.29, 0.717) is 28.3 Å². The number of hydrogen-bond donors (Lipinski definition) is 0. The SMILES string of the molecule is COc1ccc(C2=C(c3ccc(OC)cc3)[C@@]3(c4ccccc4)C(=O)[C@]2(c2ccccc2)[C@@H]2C(=O)N(c4ccc(Br)cc4)C(=O)[C@@H]23)cc1. The number of imide groups is 1. The van der Waals surface area contributed by atoms with Crippen LogP contribution in [0.1, 0.15) is 22.3 Å². The van der Waals surface area contributed by atoms with Gasteiger partial charge in [-0.05, 0) is 81.9 Å². The quantitative estimate of drug-likeness (QED) is 0.164. The number of anilines is 1. The Morgan fingerprint density at radius 3 is 1.31 bits per heavy atom. The van der Waals surface area contributed by atoms with E-state index >= 15 is 14.4 Å². The van der Waals surface area contributed by atoms with Gasteiger partial charge >= 0.3 is 0 Å². The summed E-state index contributed by atoms with van der Waals surface area (Å²) in [6.07, 6.45) is 0. The molecule has 2 bridgehead atoms. The maximum absolute atomic E-state index is 16.0. The fourth-order valence-electron chi connectivity index (χ4n) is 8.48. The van der Waals surface area contributed by atoms with Crippen molar-refractivity contribution in [3.63, 3.8) is 0 Å². The highest BCUT2D eigenvalue weighted by Gasteiger charge is 2.82. The van der Waals surface area contributed by atoms with Crippen LogP contribution in [0.2, 0.25) is 0 Å². The molecular weight excluding hydrogens is 666 g/mol. The van der Waals surface area contributed by atoms with E-state index < -0.39 is 22.7 Å². The molecule has 2 amide bonds. The topological polar surface area (TPSA) is 72.9 Å². The first-order chi connectivity index (χ1) is 23.4. The number of carbonyl (C=O) groups is 3. The number of ether oxygens (including phenoxy) is 2. The molecule has 236 valence electrons. The van der Waals surface area contributed by atoms with Crippen molar-refractivity contribution in [3.05, 3.63) is 160 Å². The lowest BCUT2D eigenvalue weighted by molar-refractivity contribution is -0.130. The molecule has 6 nitrogen and oxygen atoms in total. The first-order valence-electron chi connectivity index (χ1n) is 15.7. The van der Waals surface area contributed by atoms with Crippen molar-refractivity contribution in [2.45, 2.75) is 10.8 Å². The minimum Gasteiger partial charge on any atom is -0.497 e. The number of allylic oxidation sites excluding steroid dienone is 2. The average Bonchev–Trinajstić information content (AvgIpc) is 3.65. The summed E-state index contributed by atoms with van der Waals surface area (Å²) in [6, 6.07) is 41.4. The molecule has 8 rings (SSSR count). The molecule has 2 fully saturated rings. The molecule has 0 aromatic heterocycles. The van der Waals surface area contributed by atoms with Gasteiger partial charge in [0.1, 0.15) is 11.5 Å². The first kappa shape index (κ1) is 30.1. The highest BCUT2D eigenvalue weighted by molar-refractivity contribution is 9.10. The Balaban J connectivity index is 1.54. The lowest BCUT2D eigenvalue weighted by Crippen LogP contribution is -2.45. The molecule has 1 aliphatic heterocycles. The van der Waals surface area contributed by atoms with E-state index in [1.165, 1.54) is 4.90 Å². The van der Waals surface area contributed by atoms with E-state index in [1.807, 2.05) is 121 Å². The van der Waals surface area contributed by atoms with Crippen LogP contribution in [0.15, 0.2) is 138 Å². The minimum atomic E-state index is -1.48. The minimum absolute atomic E-state index is 0.170. The van der Waals surface area contributed by atoms with Crippen LogP contribution in [0.4, 0.5) is 5.69 Å². The number of ketones is 1. The zero-order valence-corrected chi connectivity index (χ0v) is 27.8. The summed E-state index contributed by atoms with van der Waals surface area (Å²) in [5.74, 6) is -1.61. The Labute approximate surface area is 286 Å². The molecule has 1 saturated heterocycles. The van der Waals surface area contributed by atoms with Crippen molar-refractivity contribution < 1.29 is 23.9 Å². The summed E-state index contributed by atoms with van der Waals surface area (Å²) in [5, 5.41) is 0. The lowest BCUT2D eigenvalue weighted by Gasteiger charge is -2.39. The third-order valence-electron chi connectivity index (χ3n) is 10.3. The molecule has 1 saturated carbocycles. The van der Waals surface area contributed by atoms with Gasteiger partial charge in [-0.25, -0.2) is 4.90 Å². The number of methoxy groups -OCH3 is 2. The molecule has 0 unspecified atom stereocenters. The van der Waals surface area contributed by atoms with Gasteiger partial charge in [-0.15, -0.1) is 0 Å². The number of carbonyl (C=O) groups excluding carboxylic acids is 3. The van der Waals surface area contributed by atoms with Crippen LogP contribution in [0, 0.1) is 11.8 Å². The van der Waals surface area contributed by atoms with E-state index in [2.05, 4.69) is 15.9 Å². The van der Waals surface area contributed by atoms with E-state index in [9.17, 15) is 0 Å². The largest absolute Gasteiger partial charge is 0.497 e. The van der Waals surface area contributed by atoms with Gasteiger partial charge < -0.3 is 9.47 Å². The summed E-state index contributed by atoms with van der Waals surface area (Å²) in [4.78, 5) is 47.4. The molecule has 5 aromatic rings. The number of nitrogens with zero attached hydrogens (tertiary/aromatic N) is 1. The Morgan fingerprint density at radius 2 is 0.938 bits per heavy atom. The summed E-state index contributed by atoms with van der Waals surface area (Å²) < 4.78 is 11.9. The molecule has 5 aromatic carbocycles. The molecule has 0 radical (unpaired) electrons. The second kappa shape index (κ2) is 11.2. The van der Waals surface area contributed by atoms with Gasteiger partial charge in [0.2, 0.25) is 11.8 Å². The van der Waals surface area contributed by atoms with Gasteiger partial charge in [-0.1, -0.05) is 101 Å². The van der Waals surface area contributed by atoms with E-state index in [1.54, 1.807) is 26.4 Å². The van der Waals surface area contributed by atoms with Crippen molar-refractivity contribution in [2.75, 3.05) is 19.1 Å². The van der Waals surface area contributed by atoms with Gasteiger partial charge in [0.05, 0.1) is 42.6 Å². The maximum atomic E-state index is 16.0. The number of halogens is 1. The molecular formula is C41H30BrNO5. The molecule has 1 heterocycles. The van der Waals surface area contributed by atoms with E-state index in [0.717, 1.165) is 26.7 Å². The van der Waals surface area contributed by atoms with Crippen molar-refractivity contribution in [1.29, 1.82) is 0 Å². The molecule has 0 spiro atoms. The number of Topliss-reactive ketones (excluding diaryl/α,β-unsaturated/α-hetero) is 1. The van der Waals surface area contributed by atoms with Crippen molar-refractivity contribution in [3.8, 4) is 11.5 Å². The monoisotopic (exact) mass is 695 g/mol. The fraction of sp³-hybridized carbons (Fsp3) is 0.146. The van der Waals surface area contributed by atoms with E-state index in [-0.39, 0.29) is 17.6 Å². The van der Waals surface area contributed by atoms with Crippen LogP contribution in [0.25, 0.3) is 11.1 Å². The van der Waals surface area contributed by atoms with Gasteiger partial charge in [-0.3, -0.25) is 14.4 Å². The fourth-order valence-corrected chi connectivity index (χ4v) is 8.75. The van der Waals surface area contributed by atoms with Crippen molar-refractivity contribution in [2.24, 2.45) is 11.8 Å². The first-order valence-corrected chi connectivity index (χ1v) is 16.5. The molecule has 2 aliphatic carbocycles. The Morgan fingerprint density at radius 1 is 0.542 bits per heavy atom. The van der Waals surface area contributed by atoms with Crippen LogP contribution in [0.3, 0.4) is 0 Å². The number of hydrogen-bond acceptors (Lipinski definition) is 5. The summed E-state index contributed by atoms with van der Waals surface area (Å²) in [5.41, 5.74) is 1.84. The van der Waals surface area contributed by atoms with E-state index in [4.69, 9.17) is 9.47 Å². The third kappa shape index (κ3) is 3.88. The highest BCUT2D eigenvalue weighted by atomic mass is 79.9. The second-order valence-electron chi connectivity index (χ2n) is 12.3. The van der Waals surface area contributed by atoms with Crippen molar-refractivity contribution in [1.82, 2.24) is 0 Å². The van der Waals surface area contributed by atoms with Crippen LogP contribution >= 0.6 is 15.9 Å². The molecule has 3 aliphatic rings. The lowest BCUT2D eigenvalue weighted by atomic mass is 9.59. The normalized spacial score (nSPS) is 24.3. The zero-order valence-electron chi connectivity index (χ0n) is 26.2. The van der Waals surface area contributed by atoms with Gasteiger partial charge in [0, 0.05) is 4.47 Å². The van der Waals surface area contributed by atoms with Crippen LogP contribution in [-0.2, 0) is 25.2 Å². The molecule has 4 atom stereocenters. The number of amides is 2. The smallest absolute Gasteiger partial charge is 0.239 e. The molecule has 7 heteroatoms. The number of rotatable bonds is 7. The Hall–Kier alpha value is -5.27. The standard InChI is InChI=1S/C41H30BrNO5/c1-47-31-21-13-25(14-22-31)33-34(26-15-23-32(48-2)24-16-26)41(28-11-7-4-8-12-28)36-35(40(33,39(41)46)27-9-5-3-6-10-27)37(44)43(38(36)45)30-19-17-29(42)18-20-30/h3-24,35-36H,1-2H3/t35-,36+,40-,41+. The van der Waals surface area contributed by atoms with Crippen molar-refractivity contribution >= 4 is 50.4 Å². The zero-order chi connectivity index (χ0) is 33.2. The predicted molar refractivity (Wildman–Crippen MR) is 188 cm³/mol. The van der Waals surface area contributed by atoms with Gasteiger partial charge in [-0.2, -0.15) is 0 Å². The Kier molecular flexibility index (Phi) is 7.00. The third-order valence-corrected chi connectivity index (χ3v) is 10.8. The second-order valence-corrected chi connectivity index (χ2v) is 13.2. The Bertz CT molecular complexity index is 1980. The highest BCUT2D eigenvalue weighted by Crippen LogP contribution is 2.74. The summed E-state index contributed by atoms with van der Waals surface area (Å²) in [6.45, 7) is 0. The van der Waals surface area contributed by atoms with Crippen LogP contribution < -0.4 is 14.4 Å². The number of fused-ring (bicyclic) bond motifs is 5. The predicted octanol–water partition coefficient (Wildman–Crippen LogP) is 7.66. The maximum Gasteiger partial charge on any atom is 0.239 e. The number of benzene rings is 5.